The van der Waals surface area contributed by atoms with Gasteiger partial charge >= 0.3 is 0 Å². The first-order chi connectivity index (χ1) is 9.29. The summed E-state index contributed by atoms with van der Waals surface area (Å²) in [7, 11) is 0. The zero-order valence-electron chi connectivity index (χ0n) is 11.4. The lowest BCUT2D eigenvalue weighted by atomic mass is 9.95. The van der Waals surface area contributed by atoms with Crippen LogP contribution >= 0.6 is 22.9 Å². The van der Waals surface area contributed by atoms with E-state index in [-0.39, 0.29) is 0 Å². The molecule has 1 saturated heterocycles. The van der Waals surface area contributed by atoms with E-state index >= 15 is 0 Å². The van der Waals surface area contributed by atoms with E-state index in [1.165, 1.54) is 49.9 Å². The van der Waals surface area contributed by atoms with Crippen LogP contribution in [0.15, 0.2) is 12.1 Å². The minimum atomic E-state index is 0.380. The van der Waals surface area contributed by atoms with E-state index in [4.69, 9.17) is 17.3 Å². The lowest BCUT2D eigenvalue weighted by molar-refractivity contribution is 0.140. The van der Waals surface area contributed by atoms with E-state index in [0.717, 1.165) is 16.3 Å². The van der Waals surface area contributed by atoms with Crippen LogP contribution in [0.2, 0.25) is 4.34 Å². The summed E-state index contributed by atoms with van der Waals surface area (Å²) in [5, 5.41) is 0. The topological polar surface area (TPSA) is 29.3 Å². The van der Waals surface area contributed by atoms with Crippen molar-refractivity contribution < 1.29 is 0 Å². The molecule has 0 bridgehead atoms. The maximum atomic E-state index is 6.09. The van der Waals surface area contributed by atoms with Crippen LogP contribution in [0.5, 0.6) is 0 Å². The fourth-order valence-electron chi connectivity index (χ4n) is 3.97. The monoisotopic (exact) mass is 298 g/mol. The second-order valence-electron chi connectivity index (χ2n) is 5.89. The molecule has 2 heterocycles. The van der Waals surface area contributed by atoms with Crippen molar-refractivity contribution in [3.63, 3.8) is 0 Å². The highest BCUT2D eigenvalue weighted by atomic mass is 35.5. The summed E-state index contributed by atoms with van der Waals surface area (Å²) in [5.74, 6) is 0.909. The van der Waals surface area contributed by atoms with Gasteiger partial charge in [-0.1, -0.05) is 24.4 Å². The second-order valence-corrected chi connectivity index (χ2v) is 7.63. The lowest BCUT2D eigenvalue weighted by Crippen LogP contribution is -2.40. The molecule has 106 valence electrons. The molecule has 1 aliphatic heterocycles. The van der Waals surface area contributed by atoms with Gasteiger partial charge in [0, 0.05) is 17.5 Å². The Kier molecular flexibility index (Phi) is 4.47. The maximum Gasteiger partial charge on any atom is 0.0931 e. The summed E-state index contributed by atoms with van der Waals surface area (Å²) in [6, 6.07) is 5.31. The van der Waals surface area contributed by atoms with E-state index in [9.17, 15) is 0 Å². The largest absolute Gasteiger partial charge is 0.329 e. The average molecular weight is 299 g/mol. The molecule has 1 saturated carbocycles. The zero-order chi connectivity index (χ0) is 13.2. The molecule has 0 amide bonds. The SMILES string of the molecule is NCC(c1ccc(Cl)s1)N1CCCC1C1CCCC1. The average Bonchev–Trinajstić information content (AvgIpc) is 3.10. The number of thiophene rings is 1. The van der Waals surface area contributed by atoms with Crippen LogP contribution < -0.4 is 5.73 Å². The second kappa shape index (κ2) is 6.13. The van der Waals surface area contributed by atoms with Gasteiger partial charge in [0.2, 0.25) is 0 Å². The summed E-state index contributed by atoms with van der Waals surface area (Å²) < 4.78 is 0.880. The highest BCUT2D eigenvalue weighted by Crippen LogP contribution is 2.40. The molecule has 2 atom stereocenters. The third kappa shape index (κ3) is 2.85. The Morgan fingerprint density at radius 3 is 2.68 bits per heavy atom. The molecule has 2 nitrogen and oxygen atoms in total. The molecular weight excluding hydrogens is 276 g/mol. The fourth-order valence-corrected chi connectivity index (χ4v) is 5.17. The Balaban J connectivity index is 1.77. The standard InChI is InChI=1S/C15H23ClN2S/c16-15-8-7-14(19-15)13(10-17)18-9-3-6-12(18)11-4-1-2-5-11/h7-8,11-13H,1-6,9-10,17H2. The summed E-state index contributed by atoms with van der Waals surface area (Å²) >= 11 is 7.79. The van der Waals surface area contributed by atoms with Crippen molar-refractivity contribution in [3.8, 4) is 0 Å². The summed E-state index contributed by atoms with van der Waals surface area (Å²) in [6.45, 7) is 1.92. The molecule has 2 unspecified atom stereocenters. The molecule has 1 aromatic heterocycles. The number of hydrogen-bond acceptors (Lipinski definition) is 3. The molecule has 3 rings (SSSR count). The van der Waals surface area contributed by atoms with Crippen molar-refractivity contribution in [3.05, 3.63) is 21.3 Å². The van der Waals surface area contributed by atoms with Crippen LogP contribution in [-0.2, 0) is 0 Å². The number of rotatable bonds is 4. The normalized spacial score (nSPS) is 27.2. The van der Waals surface area contributed by atoms with Crippen LogP contribution in [0.1, 0.15) is 49.4 Å². The third-order valence-corrected chi connectivity index (χ3v) is 6.16. The van der Waals surface area contributed by atoms with Gasteiger partial charge in [0.25, 0.3) is 0 Å². The van der Waals surface area contributed by atoms with E-state index in [1.54, 1.807) is 11.3 Å². The first-order valence-corrected chi connectivity index (χ1v) is 8.70. The minimum Gasteiger partial charge on any atom is -0.329 e. The van der Waals surface area contributed by atoms with Crippen molar-refractivity contribution in [2.24, 2.45) is 11.7 Å². The molecule has 0 radical (unpaired) electrons. The number of hydrogen-bond donors (Lipinski definition) is 1. The first kappa shape index (κ1) is 13.9. The van der Waals surface area contributed by atoms with Gasteiger partial charge in [-0.3, -0.25) is 4.90 Å². The molecule has 0 spiro atoms. The summed E-state index contributed by atoms with van der Waals surface area (Å²) in [6.07, 6.45) is 8.38. The quantitative estimate of drug-likeness (QED) is 0.908. The van der Waals surface area contributed by atoms with Crippen LogP contribution in [0, 0.1) is 5.92 Å². The molecule has 4 heteroatoms. The van der Waals surface area contributed by atoms with Crippen LogP contribution in [0.3, 0.4) is 0 Å². The first-order valence-electron chi connectivity index (χ1n) is 7.50. The highest BCUT2D eigenvalue weighted by Gasteiger charge is 2.37. The van der Waals surface area contributed by atoms with E-state index in [0.29, 0.717) is 12.6 Å². The van der Waals surface area contributed by atoms with Gasteiger partial charge in [0.05, 0.1) is 10.4 Å². The van der Waals surface area contributed by atoms with E-state index < -0.39 is 0 Å². The zero-order valence-corrected chi connectivity index (χ0v) is 12.9. The molecule has 2 N–H and O–H groups in total. The van der Waals surface area contributed by atoms with Crippen LogP contribution in [0.4, 0.5) is 0 Å². The molecule has 2 aliphatic rings. The highest BCUT2D eigenvalue weighted by molar-refractivity contribution is 7.16. The Bertz CT molecular complexity index is 414. The van der Waals surface area contributed by atoms with Gasteiger partial charge in [0.15, 0.2) is 0 Å². The predicted octanol–water partition coefficient (Wildman–Crippen LogP) is 4.06. The summed E-state index contributed by atoms with van der Waals surface area (Å²) in [5.41, 5.74) is 6.08. The van der Waals surface area contributed by atoms with Gasteiger partial charge in [-0.15, -0.1) is 11.3 Å². The number of nitrogens with zero attached hydrogens (tertiary/aromatic N) is 1. The van der Waals surface area contributed by atoms with Crippen molar-refractivity contribution in [1.29, 1.82) is 0 Å². The lowest BCUT2D eigenvalue weighted by Gasteiger charge is -2.35. The minimum absolute atomic E-state index is 0.380. The third-order valence-electron chi connectivity index (χ3n) is 4.83. The number of nitrogens with two attached hydrogens (primary N) is 1. The number of likely N-dealkylation sites (tertiary alicyclic amines) is 1. The number of halogens is 1. The smallest absolute Gasteiger partial charge is 0.0931 e. The van der Waals surface area contributed by atoms with Gasteiger partial charge in [0.1, 0.15) is 0 Å². The Morgan fingerprint density at radius 1 is 1.26 bits per heavy atom. The van der Waals surface area contributed by atoms with E-state index in [2.05, 4.69) is 11.0 Å². The van der Waals surface area contributed by atoms with Gasteiger partial charge in [-0.25, -0.2) is 0 Å². The van der Waals surface area contributed by atoms with Crippen molar-refractivity contribution in [2.75, 3.05) is 13.1 Å². The fraction of sp³-hybridized carbons (Fsp3) is 0.733. The van der Waals surface area contributed by atoms with Crippen molar-refractivity contribution >= 4 is 22.9 Å². The Morgan fingerprint density at radius 2 is 2.05 bits per heavy atom. The molecule has 1 aromatic rings. The molecule has 0 aromatic carbocycles. The van der Waals surface area contributed by atoms with Gasteiger partial charge in [-0.05, 0) is 50.3 Å². The summed E-state index contributed by atoms with van der Waals surface area (Å²) in [4.78, 5) is 4.02. The molecule has 1 aliphatic carbocycles. The van der Waals surface area contributed by atoms with Gasteiger partial charge < -0.3 is 5.73 Å². The molecule has 2 fully saturated rings. The predicted molar refractivity (Wildman–Crippen MR) is 82.8 cm³/mol. The van der Waals surface area contributed by atoms with Crippen LogP contribution in [-0.4, -0.2) is 24.0 Å². The van der Waals surface area contributed by atoms with Crippen molar-refractivity contribution in [1.82, 2.24) is 4.90 Å². The Labute approximate surface area is 124 Å². The van der Waals surface area contributed by atoms with Crippen LogP contribution in [0.25, 0.3) is 0 Å². The molecule has 19 heavy (non-hydrogen) atoms. The maximum absolute atomic E-state index is 6.09. The molecular formula is C15H23ClN2S. The van der Waals surface area contributed by atoms with Gasteiger partial charge in [-0.2, -0.15) is 0 Å². The van der Waals surface area contributed by atoms with Crippen molar-refractivity contribution in [2.45, 2.75) is 50.6 Å². The van der Waals surface area contributed by atoms with E-state index in [1.807, 2.05) is 6.07 Å². The Hall–Kier alpha value is -0.0900.